The van der Waals surface area contributed by atoms with Gasteiger partial charge in [0.25, 0.3) is 0 Å². The Kier molecular flexibility index (Phi) is 8.95. The maximum atomic E-state index is 9.41. The van der Waals surface area contributed by atoms with Crippen LogP contribution in [0.2, 0.25) is 18.1 Å². The van der Waals surface area contributed by atoms with E-state index in [1.165, 1.54) is 11.1 Å². The van der Waals surface area contributed by atoms with E-state index in [0.717, 1.165) is 24.8 Å². The highest BCUT2D eigenvalue weighted by molar-refractivity contribution is 6.74. The summed E-state index contributed by atoms with van der Waals surface area (Å²) in [5, 5.41) is 9.62. The summed E-state index contributed by atoms with van der Waals surface area (Å²) >= 11 is 0. The van der Waals surface area contributed by atoms with Crippen LogP contribution in [0, 0.1) is 5.92 Å². The molecule has 0 radical (unpaired) electrons. The van der Waals surface area contributed by atoms with Gasteiger partial charge < -0.3 is 14.3 Å². The van der Waals surface area contributed by atoms with E-state index in [9.17, 15) is 5.11 Å². The second kappa shape index (κ2) is 9.88. The topological polar surface area (TPSA) is 42.0 Å². The molecular weight excluding hydrogens is 364 g/mol. The van der Waals surface area contributed by atoms with Crippen LogP contribution in [0.4, 0.5) is 0 Å². The minimum atomic E-state index is -1.79. The van der Waals surface area contributed by atoms with Crippen LogP contribution in [-0.4, -0.2) is 38.3 Å². The zero-order valence-corrected chi connectivity index (χ0v) is 20.8. The van der Waals surface area contributed by atoms with Crippen LogP contribution in [0.1, 0.15) is 67.7 Å². The van der Waals surface area contributed by atoms with Crippen molar-refractivity contribution in [2.24, 2.45) is 5.92 Å². The Balaban J connectivity index is 2.68. The Bertz CT molecular complexity index is 591. The lowest BCUT2D eigenvalue weighted by Gasteiger charge is -2.39. The fourth-order valence-corrected chi connectivity index (χ4v) is 4.80. The molecule has 1 N–H and O–H groups in total. The number of allylic oxidation sites excluding steroid dienone is 3. The van der Waals surface area contributed by atoms with Crippen LogP contribution in [-0.2, 0) is 9.16 Å². The minimum absolute atomic E-state index is 0.105. The van der Waals surface area contributed by atoms with Gasteiger partial charge in [-0.2, -0.15) is 0 Å². The van der Waals surface area contributed by atoms with Crippen molar-refractivity contribution in [3.05, 3.63) is 35.5 Å². The van der Waals surface area contributed by atoms with Gasteiger partial charge in [0.15, 0.2) is 8.32 Å². The summed E-state index contributed by atoms with van der Waals surface area (Å²) < 4.78 is 12.0. The van der Waals surface area contributed by atoms with Crippen molar-refractivity contribution < 1.29 is 14.3 Å². The zero-order valence-electron chi connectivity index (χ0n) is 19.8. The second-order valence-corrected chi connectivity index (χ2v) is 15.1. The number of hydrogen-bond donors (Lipinski definition) is 1. The third-order valence-corrected chi connectivity index (χ3v) is 10.6. The van der Waals surface area contributed by atoms with E-state index in [-0.39, 0.29) is 23.4 Å². The van der Waals surface area contributed by atoms with Gasteiger partial charge in [-0.3, -0.25) is 0 Å². The van der Waals surface area contributed by atoms with E-state index >= 15 is 0 Å². The Hall–Kier alpha value is -0.683. The first-order valence-electron chi connectivity index (χ1n) is 10.7. The van der Waals surface area contributed by atoms with Gasteiger partial charge in [0.05, 0.1) is 19.3 Å². The first-order chi connectivity index (χ1) is 12.7. The van der Waals surface area contributed by atoms with Gasteiger partial charge in [-0.05, 0) is 56.3 Å². The van der Waals surface area contributed by atoms with Gasteiger partial charge in [0, 0.05) is 6.42 Å². The van der Waals surface area contributed by atoms with Crippen LogP contribution >= 0.6 is 0 Å². The molecule has 1 rings (SSSR count). The van der Waals surface area contributed by atoms with Gasteiger partial charge in [0.2, 0.25) is 0 Å². The van der Waals surface area contributed by atoms with Crippen LogP contribution in [0.15, 0.2) is 35.5 Å². The van der Waals surface area contributed by atoms with E-state index in [4.69, 9.17) is 9.16 Å². The largest absolute Gasteiger partial charge is 0.410 e. The molecule has 0 aromatic heterocycles. The molecule has 0 saturated carbocycles. The lowest BCUT2D eigenvalue weighted by molar-refractivity contribution is 0.171. The third kappa shape index (κ3) is 7.62. The molecule has 0 aromatic carbocycles. The average molecular weight is 409 g/mol. The van der Waals surface area contributed by atoms with Crippen molar-refractivity contribution in [3.63, 3.8) is 0 Å². The number of epoxide rings is 1. The molecule has 1 aliphatic heterocycles. The highest BCUT2D eigenvalue weighted by atomic mass is 28.4. The summed E-state index contributed by atoms with van der Waals surface area (Å²) in [4.78, 5) is 0. The number of rotatable bonds is 11. The van der Waals surface area contributed by atoms with Crippen molar-refractivity contribution in [2.75, 3.05) is 13.2 Å². The maximum absolute atomic E-state index is 9.41. The summed E-state index contributed by atoms with van der Waals surface area (Å²) in [5.74, 6) is 0.410. The molecule has 1 fully saturated rings. The number of ether oxygens (including phenoxy) is 1. The second-order valence-electron chi connectivity index (χ2n) is 10.3. The number of aliphatic hydroxyl groups is 1. The number of hydrogen-bond acceptors (Lipinski definition) is 3. The SMILES string of the molecule is C=C(/C=C(\C)[C@@H](CC)O[Si](C)(C)C(C)(C)C)C[C@H](C)/C=C(\C)C[C@]1(CO)CO1. The fraction of sp³-hybridized carbons (Fsp3) is 0.750. The van der Waals surface area contributed by atoms with Crippen molar-refractivity contribution in [2.45, 2.75) is 97.6 Å². The van der Waals surface area contributed by atoms with E-state index in [1.54, 1.807) is 0 Å². The average Bonchev–Trinajstić information content (AvgIpc) is 3.30. The first kappa shape index (κ1) is 25.4. The molecule has 28 heavy (non-hydrogen) atoms. The molecule has 1 saturated heterocycles. The summed E-state index contributed by atoms with van der Waals surface area (Å²) in [6.07, 6.45) is 7.41. The highest BCUT2D eigenvalue weighted by Crippen LogP contribution is 2.38. The fourth-order valence-electron chi connectivity index (χ4n) is 3.38. The maximum Gasteiger partial charge on any atom is 0.192 e. The lowest BCUT2D eigenvalue weighted by Crippen LogP contribution is -2.44. The zero-order chi connectivity index (χ0) is 21.8. The molecule has 4 heteroatoms. The Morgan fingerprint density at radius 3 is 2.32 bits per heavy atom. The molecule has 162 valence electrons. The summed E-state index contributed by atoms with van der Waals surface area (Å²) in [7, 11) is -1.79. The van der Waals surface area contributed by atoms with Gasteiger partial charge in [0.1, 0.15) is 5.60 Å². The van der Waals surface area contributed by atoms with Crippen LogP contribution in [0.3, 0.4) is 0 Å². The molecule has 0 amide bonds. The Labute approximate surface area is 175 Å². The highest BCUT2D eigenvalue weighted by Gasteiger charge is 2.44. The van der Waals surface area contributed by atoms with Gasteiger partial charge in [-0.15, -0.1) is 0 Å². The predicted octanol–water partition coefficient (Wildman–Crippen LogP) is 6.41. The molecule has 3 nitrogen and oxygen atoms in total. The monoisotopic (exact) mass is 408 g/mol. The van der Waals surface area contributed by atoms with E-state index in [2.05, 4.69) is 80.3 Å². The lowest BCUT2D eigenvalue weighted by atomic mass is 9.94. The summed E-state index contributed by atoms with van der Waals surface area (Å²) in [6, 6.07) is 0. The first-order valence-corrected chi connectivity index (χ1v) is 13.6. The van der Waals surface area contributed by atoms with E-state index < -0.39 is 8.32 Å². The molecule has 3 atom stereocenters. The predicted molar refractivity (Wildman–Crippen MR) is 123 cm³/mol. The quantitative estimate of drug-likeness (QED) is 0.186. The Morgan fingerprint density at radius 2 is 1.89 bits per heavy atom. The molecule has 0 bridgehead atoms. The molecule has 1 aliphatic rings. The van der Waals surface area contributed by atoms with Gasteiger partial charge >= 0.3 is 0 Å². The van der Waals surface area contributed by atoms with Crippen molar-refractivity contribution in [3.8, 4) is 0 Å². The van der Waals surface area contributed by atoms with Crippen LogP contribution in [0.5, 0.6) is 0 Å². The molecule has 0 aliphatic carbocycles. The molecule has 0 spiro atoms. The van der Waals surface area contributed by atoms with Crippen LogP contribution in [0.25, 0.3) is 0 Å². The number of aliphatic hydroxyl groups excluding tert-OH is 1. The molecular formula is C24H44O3Si. The van der Waals surface area contributed by atoms with Crippen LogP contribution < -0.4 is 0 Å². The molecule has 0 aromatic rings. The molecule has 1 heterocycles. The smallest absolute Gasteiger partial charge is 0.192 e. The van der Waals surface area contributed by atoms with Crippen molar-refractivity contribution >= 4 is 8.32 Å². The standard InChI is InChI=1S/C24H44O3Si/c1-11-22(27-28(9,10)23(6,7)8)21(5)14-19(3)12-18(2)13-20(4)15-24(16-25)17-26-24/h13-14,18,22,25H,3,11-12,15-17H2,1-2,4-10H3/b20-13+,21-14+/t18-,22+,24-/m0/s1. The summed E-state index contributed by atoms with van der Waals surface area (Å²) in [5.41, 5.74) is 3.39. The third-order valence-electron chi connectivity index (χ3n) is 6.15. The normalized spacial score (nSPS) is 23.5. The van der Waals surface area contributed by atoms with Crippen molar-refractivity contribution in [1.82, 2.24) is 0 Å². The van der Waals surface area contributed by atoms with Gasteiger partial charge in [-0.25, -0.2) is 0 Å². The summed E-state index contributed by atoms with van der Waals surface area (Å²) in [6.45, 7) is 25.3. The van der Waals surface area contributed by atoms with Crippen molar-refractivity contribution in [1.29, 1.82) is 0 Å². The minimum Gasteiger partial charge on any atom is -0.410 e. The Morgan fingerprint density at radius 1 is 1.32 bits per heavy atom. The van der Waals surface area contributed by atoms with Gasteiger partial charge in [-0.1, -0.05) is 64.5 Å². The van der Waals surface area contributed by atoms with E-state index in [1.807, 2.05) is 0 Å². The molecule has 0 unspecified atom stereocenters. The van der Waals surface area contributed by atoms with E-state index in [0.29, 0.717) is 12.5 Å².